The van der Waals surface area contributed by atoms with Gasteiger partial charge in [-0.15, -0.1) is 0 Å². The summed E-state index contributed by atoms with van der Waals surface area (Å²) in [5.74, 6) is -0.133. The Kier molecular flexibility index (Phi) is 3.78. The Morgan fingerprint density at radius 3 is 3.06 bits per heavy atom. The van der Waals surface area contributed by atoms with Gasteiger partial charge in [0.25, 0.3) is 5.91 Å². The summed E-state index contributed by atoms with van der Waals surface area (Å²) in [6.07, 6.45) is 0. The van der Waals surface area contributed by atoms with Crippen LogP contribution in [0.2, 0.25) is 0 Å². The average Bonchev–Trinajstić information content (AvgIpc) is 2.77. The molecule has 1 fully saturated rings. The van der Waals surface area contributed by atoms with E-state index in [4.69, 9.17) is 0 Å². The number of benzene rings is 1. The molecule has 17 heavy (non-hydrogen) atoms. The summed E-state index contributed by atoms with van der Waals surface area (Å²) in [6.45, 7) is 2.61. The fourth-order valence-corrected chi connectivity index (χ4v) is 2.11. The Morgan fingerprint density at radius 2 is 2.41 bits per heavy atom. The fourth-order valence-electron chi connectivity index (χ4n) is 1.43. The fraction of sp³-hybridized carbons (Fsp3) is 0.273. The van der Waals surface area contributed by atoms with E-state index in [-0.39, 0.29) is 5.91 Å². The predicted molar refractivity (Wildman–Crippen MR) is 69.4 cm³/mol. The summed E-state index contributed by atoms with van der Waals surface area (Å²) >= 11 is 1.38. The second kappa shape index (κ2) is 5.31. The van der Waals surface area contributed by atoms with Gasteiger partial charge in [0.05, 0.1) is 6.54 Å². The van der Waals surface area contributed by atoms with Crippen LogP contribution in [0.15, 0.2) is 29.3 Å². The topological polar surface area (TPSA) is 56.7 Å². The minimum absolute atomic E-state index is 0.133. The van der Waals surface area contributed by atoms with Crippen LogP contribution < -0.4 is 10.9 Å². The zero-order valence-electron chi connectivity index (χ0n) is 9.73. The first-order chi connectivity index (χ1) is 8.19. The molecular formula is C11H14N4OS. The molecule has 0 aliphatic carbocycles. The molecule has 2 N–H and O–H groups in total. The lowest BCUT2D eigenvalue weighted by Crippen LogP contribution is -2.42. The summed E-state index contributed by atoms with van der Waals surface area (Å²) in [7, 11) is 1.73. The molecule has 5 nitrogen and oxygen atoms in total. The molecule has 0 radical (unpaired) electrons. The largest absolute Gasteiger partial charge is 0.283 e. The molecule has 1 heterocycles. The van der Waals surface area contributed by atoms with E-state index >= 15 is 0 Å². The lowest BCUT2D eigenvalue weighted by atomic mass is 10.1. The monoisotopic (exact) mass is 250 g/mol. The quantitative estimate of drug-likeness (QED) is 0.773. The van der Waals surface area contributed by atoms with Crippen molar-refractivity contribution in [3.8, 4) is 0 Å². The van der Waals surface area contributed by atoms with E-state index in [9.17, 15) is 4.79 Å². The zero-order chi connectivity index (χ0) is 12.3. The summed E-state index contributed by atoms with van der Waals surface area (Å²) in [6, 6.07) is 7.47. The molecule has 1 aromatic rings. The minimum atomic E-state index is -0.133. The summed E-state index contributed by atoms with van der Waals surface area (Å²) in [5.41, 5.74) is 7.47. The summed E-state index contributed by atoms with van der Waals surface area (Å²) in [4.78, 5) is 16.0. The lowest BCUT2D eigenvalue weighted by molar-refractivity contribution is 0.0864. The molecule has 6 heteroatoms. The highest BCUT2D eigenvalue weighted by molar-refractivity contribution is 8.12. The normalized spacial score (nSPS) is 18.6. The van der Waals surface area contributed by atoms with Gasteiger partial charge < -0.3 is 0 Å². The zero-order valence-corrected chi connectivity index (χ0v) is 10.5. The van der Waals surface area contributed by atoms with E-state index in [2.05, 4.69) is 15.8 Å². The van der Waals surface area contributed by atoms with Crippen LogP contribution >= 0.6 is 11.9 Å². The van der Waals surface area contributed by atoms with Crippen LogP contribution in [0.3, 0.4) is 0 Å². The van der Waals surface area contributed by atoms with Gasteiger partial charge in [0, 0.05) is 24.6 Å². The van der Waals surface area contributed by atoms with Crippen molar-refractivity contribution in [3.05, 3.63) is 35.4 Å². The first-order valence-corrected chi connectivity index (χ1v) is 6.01. The van der Waals surface area contributed by atoms with Gasteiger partial charge in [-0.25, -0.2) is 5.43 Å². The van der Waals surface area contributed by atoms with Crippen LogP contribution in [-0.2, 0) is 0 Å². The number of hydrogen-bond acceptors (Lipinski definition) is 5. The SMILES string of the molecule is CN=C1CNN(NC(=O)c2cccc(C)c2)S1. The first kappa shape index (κ1) is 12.1. The van der Waals surface area contributed by atoms with Crippen molar-refractivity contribution >= 4 is 22.9 Å². The average molecular weight is 250 g/mol. The van der Waals surface area contributed by atoms with E-state index in [1.165, 1.54) is 11.9 Å². The first-order valence-electron chi connectivity index (χ1n) is 5.24. The van der Waals surface area contributed by atoms with Crippen LogP contribution in [0.4, 0.5) is 0 Å². The molecule has 0 saturated carbocycles. The van der Waals surface area contributed by atoms with E-state index in [0.717, 1.165) is 10.6 Å². The molecule has 1 aliphatic heterocycles. The van der Waals surface area contributed by atoms with Crippen molar-refractivity contribution in [1.29, 1.82) is 0 Å². The van der Waals surface area contributed by atoms with Gasteiger partial charge in [-0.2, -0.15) is 0 Å². The summed E-state index contributed by atoms with van der Waals surface area (Å²) < 4.78 is 1.58. The molecule has 0 aromatic heterocycles. The van der Waals surface area contributed by atoms with Gasteiger partial charge in [-0.1, -0.05) is 22.2 Å². The number of nitrogens with one attached hydrogen (secondary N) is 2. The Hall–Kier alpha value is -1.37. The second-order valence-corrected chi connectivity index (χ2v) is 4.67. The van der Waals surface area contributed by atoms with Crippen molar-refractivity contribution in [2.45, 2.75) is 6.92 Å². The number of nitrogens with zero attached hydrogens (tertiary/aromatic N) is 2. The van der Waals surface area contributed by atoms with Crippen molar-refractivity contribution in [2.75, 3.05) is 13.6 Å². The number of carbonyl (C=O) groups excluding carboxylic acids is 1. The Balaban J connectivity index is 1.98. The summed E-state index contributed by atoms with van der Waals surface area (Å²) in [5, 5.41) is 0.939. The maximum absolute atomic E-state index is 11.9. The third-order valence-electron chi connectivity index (χ3n) is 2.30. The number of hydrazine groups is 2. The molecule has 2 rings (SSSR count). The van der Waals surface area contributed by atoms with Gasteiger partial charge in [-0.3, -0.25) is 15.2 Å². The molecule has 1 amide bonds. The van der Waals surface area contributed by atoms with E-state index in [0.29, 0.717) is 12.1 Å². The highest BCUT2D eigenvalue weighted by Gasteiger charge is 2.20. The Bertz CT molecular complexity index is 461. The molecule has 0 bridgehead atoms. The van der Waals surface area contributed by atoms with Crippen LogP contribution in [-0.4, -0.2) is 29.1 Å². The van der Waals surface area contributed by atoms with Crippen molar-refractivity contribution in [3.63, 3.8) is 0 Å². The van der Waals surface area contributed by atoms with Crippen molar-refractivity contribution < 1.29 is 4.79 Å². The van der Waals surface area contributed by atoms with E-state index in [1.807, 2.05) is 25.1 Å². The maximum atomic E-state index is 11.9. The van der Waals surface area contributed by atoms with Crippen molar-refractivity contribution in [2.24, 2.45) is 4.99 Å². The molecule has 90 valence electrons. The van der Waals surface area contributed by atoms with Crippen LogP contribution in [0.5, 0.6) is 0 Å². The third kappa shape index (κ3) is 3.06. The number of aryl methyl sites for hydroxylation is 1. The standard InChI is InChI=1S/C11H14N4OS/c1-8-4-3-5-9(6-8)11(16)14-15-13-7-10(12-2)17-15/h3-6,13H,7H2,1-2H3,(H,14,16). The maximum Gasteiger partial charge on any atom is 0.267 e. The molecule has 0 unspecified atom stereocenters. The van der Waals surface area contributed by atoms with Gasteiger partial charge in [-0.05, 0) is 19.1 Å². The van der Waals surface area contributed by atoms with E-state index < -0.39 is 0 Å². The highest BCUT2D eigenvalue weighted by atomic mass is 32.2. The molecule has 1 saturated heterocycles. The number of rotatable bonds is 2. The second-order valence-electron chi connectivity index (χ2n) is 3.65. The Morgan fingerprint density at radius 1 is 1.59 bits per heavy atom. The van der Waals surface area contributed by atoms with Crippen molar-refractivity contribution in [1.82, 2.24) is 15.4 Å². The van der Waals surface area contributed by atoms with Gasteiger partial charge >= 0.3 is 0 Å². The lowest BCUT2D eigenvalue weighted by Gasteiger charge is -2.14. The van der Waals surface area contributed by atoms with E-state index in [1.54, 1.807) is 17.6 Å². The highest BCUT2D eigenvalue weighted by Crippen LogP contribution is 2.13. The number of amides is 1. The molecule has 0 atom stereocenters. The Labute approximate surface area is 104 Å². The predicted octanol–water partition coefficient (Wildman–Crippen LogP) is 1.14. The number of hydrogen-bond donors (Lipinski definition) is 2. The number of carbonyl (C=O) groups is 1. The molecule has 0 spiro atoms. The van der Waals surface area contributed by atoms with Crippen LogP contribution in [0.1, 0.15) is 15.9 Å². The molecule has 1 aliphatic rings. The minimum Gasteiger partial charge on any atom is -0.283 e. The van der Waals surface area contributed by atoms with Gasteiger partial charge in [0.15, 0.2) is 0 Å². The van der Waals surface area contributed by atoms with Crippen LogP contribution in [0.25, 0.3) is 0 Å². The smallest absolute Gasteiger partial charge is 0.267 e. The molecular weight excluding hydrogens is 236 g/mol. The number of aliphatic imine (C=N–C) groups is 1. The van der Waals surface area contributed by atoms with Gasteiger partial charge in [0.2, 0.25) is 0 Å². The molecule has 1 aromatic carbocycles. The van der Waals surface area contributed by atoms with Crippen LogP contribution in [0, 0.1) is 6.92 Å². The third-order valence-corrected chi connectivity index (χ3v) is 3.24. The van der Waals surface area contributed by atoms with Gasteiger partial charge in [0.1, 0.15) is 5.04 Å².